The molecule has 1 aromatic carbocycles. The van der Waals surface area contributed by atoms with Gasteiger partial charge in [0.05, 0.1) is 14.1 Å². The number of ether oxygens (including phenoxy) is 1. The number of hydrogen-bond donors (Lipinski definition) is 2. The Morgan fingerprint density at radius 1 is 1.35 bits per heavy atom. The SMILES string of the molecule is Cn1c(COC(=O)c2nc(Cl)c(N)nc2N)[n+](C)c2ccc(Br)cc21.[I-]. The van der Waals surface area contributed by atoms with E-state index in [2.05, 4.69) is 25.9 Å². The molecule has 4 N–H and O–H groups in total. The van der Waals surface area contributed by atoms with Crippen molar-refractivity contribution in [2.45, 2.75) is 6.61 Å². The van der Waals surface area contributed by atoms with Gasteiger partial charge in [-0.2, -0.15) is 0 Å². The van der Waals surface area contributed by atoms with Gasteiger partial charge in [-0.05, 0) is 12.1 Å². The molecule has 0 radical (unpaired) electrons. The Kier molecular flexibility index (Phi) is 6.29. The van der Waals surface area contributed by atoms with Crippen LogP contribution in [0.25, 0.3) is 11.0 Å². The van der Waals surface area contributed by atoms with E-state index in [1.54, 1.807) is 0 Å². The van der Waals surface area contributed by atoms with Gasteiger partial charge in [0.2, 0.25) is 0 Å². The number of carbonyl (C=O) groups excluding carboxylic acids is 1. The first-order valence-electron chi connectivity index (χ1n) is 7.18. The summed E-state index contributed by atoms with van der Waals surface area (Å²) in [4.78, 5) is 19.9. The van der Waals surface area contributed by atoms with E-state index in [1.807, 2.05) is 41.4 Å². The Morgan fingerprint density at radius 2 is 2.04 bits per heavy atom. The molecule has 0 aliphatic heterocycles. The number of nitrogens with zero attached hydrogens (tertiary/aromatic N) is 4. The van der Waals surface area contributed by atoms with Crippen LogP contribution in [0.3, 0.4) is 0 Å². The number of halogens is 3. The molecule has 138 valence electrons. The van der Waals surface area contributed by atoms with Crippen LogP contribution in [-0.4, -0.2) is 20.5 Å². The molecular formula is C15H15BrClIN6O2. The molecule has 0 bridgehead atoms. The summed E-state index contributed by atoms with van der Waals surface area (Å²) in [6.45, 7) is 0.0290. The molecular weight excluding hydrogens is 538 g/mol. The van der Waals surface area contributed by atoms with Crippen molar-refractivity contribution >= 4 is 56.2 Å². The van der Waals surface area contributed by atoms with E-state index in [9.17, 15) is 4.79 Å². The second-order valence-corrected chi connectivity index (χ2v) is 6.65. The van der Waals surface area contributed by atoms with Crippen LogP contribution in [0, 0.1) is 0 Å². The number of esters is 1. The Bertz CT molecular complexity index is 1010. The van der Waals surface area contributed by atoms with E-state index < -0.39 is 5.97 Å². The molecule has 3 aromatic rings. The molecule has 0 saturated heterocycles. The van der Waals surface area contributed by atoms with E-state index in [1.165, 1.54) is 0 Å². The van der Waals surface area contributed by atoms with Crippen LogP contribution in [-0.2, 0) is 25.4 Å². The lowest BCUT2D eigenvalue weighted by atomic mass is 10.3. The van der Waals surface area contributed by atoms with Gasteiger partial charge < -0.3 is 40.2 Å². The van der Waals surface area contributed by atoms with Gasteiger partial charge in [-0.25, -0.2) is 23.9 Å². The van der Waals surface area contributed by atoms with Gasteiger partial charge in [-0.15, -0.1) is 0 Å². The van der Waals surface area contributed by atoms with E-state index in [4.69, 9.17) is 27.8 Å². The average Bonchev–Trinajstić information content (AvgIpc) is 2.79. The third-order valence-electron chi connectivity index (χ3n) is 3.87. The van der Waals surface area contributed by atoms with E-state index in [0.29, 0.717) is 0 Å². The zero-order valence-corrected chi connectivity index (χ0v) is 18.3. The first-order chi connectivity index (χ1) is 11.8. The van der Waals surface area contributed by atoms with Crippen LogP contribution in [0.4, 0.5) is 11.6 Å². The van der Waals surface area contributed by atoms with Crippen LogP contribution >= 0.6 is 27.5 Å². The fraction of sp³-hybridized carbons (Fsp3) is 0.200. The summed E-state index contributed by atoms with van der Waals surface area (Å²) in [5.41, 5.74) is 13.0. The highest BCUT2D eigenvalue weighted by atomic mass is 127. The number of benzene rings is 1. The third-order valence-corrected chi connectivity index (χ3v) is 4.64. The van der Waals surface area contributed by atoms with Gasteiger partial charge in [0.25, 0.3) is 5.82 Å². The number of rotatable bonds is 3. The van der Waals surface area contributed by atoms with E-state index >= 15 is 0 Å². The summed E-state index contributed by atoms with van der Waals surface area (Å²) in [5, 5.41) is -0.0961. The number of fused-ring (bicyclic) bond motifs is 1. The normalized spacial score (nSPS) is 10.6. The minimum absolute atomic E-state index is 0. The second-order valence-electron chi connectivity index (χ2n) is 5.38. The first-order valence-corrected chi connectivity index (χ1v) is 8.35. The van der Waals surface area contributed by atoms with Crippen molar-refractivity contribution in [2.24, 2.45) is 14.1 Å². The Hall–Kier alpha value is -1.66. The molecule has 8 nitrogen and oxygen atoms in total. The number of aromatic nitrogens is 4. The second kappa shape index (κ2) is 7.92. The molecule has 0 spiro atoms. The summed E-state index contributed by atoms with van der Waals surface area (Å²) in [5.74, 6) is -0.105. The number of carbonyl (C=O) groups is 1. The summed E-state index contributed by atoms with van der Waals surface area (Å²) >= 11 is 9.25. The fourth-order valence-corrected chi connectivity index (χ4v) is 3.01. The van der Waals surface area contributed by atoms with E-state index in [-0.39, 0.29) is 53.1 Å². The Balaban J connectivity index is 0.00000243. The fourth-order valence-electron chi connectivity index (χ4n) is 2.54. The number of nitrogens with two attached hydrogens (primary N) is 2. The highest BCUT2D eigenvalue weighted by Gasteiger charge is 2.24. The molecule has 0 amide bonds. The lowest BCUT2D eigenvalue weighted by Gasteiger charge is -2.06. The molecule has 11 heteroatoms. The number of nitrogen functional groups attached to an aromatic ring is 2. The van der Waals surface area contributed by atoms with Crippen molar-refractivity contribution in [2.75, 3.05) is 11.5 Å². The predicted molar refractivity (Wildman–Crippen MR) is 96.8 cm³/mol. The molecule has 0 aliphatic carbocycles. The van der Waals surface area contributed by atoms with Crippen molar-refractivity contribution in [1.82, 2.24) is 14.5 Å². The smallest absolute Gasteiger partial charge is 0.361 e. The predicted octanol–water partition coefficient (Wildman–Crippen LogP) is -1.27. The zero-order chi connectivity index (χ0) is 18.3. The van der Waals surface area contributed by atoms with Gasteiger partial charge in [0, 0.05) is 10.5 Å². The summed E-state index contributed by atoms with van der Waals surface area (Å²) < 4.78 is 10.2. The number of anilines is 2. The van der Waals surface area contributed by atoms with Crippen LogP contribution in [0.2, 0.25) is 5.15 Å². The topological polar surface area (TPSA) is 113 Å². The number of aryl methyl sites for hydroxylation is 2. The molecule has 3 rings (SSSR count). The molecule has 26 heavy (non-hydrogen) atoms. The van der Waals surface area contributed by atoms with Gasteiger partial charge in [0.1, 0.15) is 0 Å². The maximum Gasteiger partial charge on any atom is 0.361 e. The van der Waals surface area contributed by atoms with Gasteiger partial charge in [-0.1, -0.05) is 27.5 Å². The molecule has 2 heterocycles. The van der Waals surface area contributed by atoms with Crippen molar-refractivity contribution in [1.29, 1.82) is 0 Å². The largest absolute Gasteiger partial charge is 1.00 e. The maximum absolute atomic E-state index is 12.3. The Labute approximate surface area is 179 Å². The molecule has 0 fully saturated rings. The summed E-state index contributed by atoms with van der Waals surface area (Å²) in [6, 6.07) is 5.92. The molecule has 2 aromatic heterocycles. The molecule has 0 saturated carbocycles. The van der Waals surface area contributed by atoms with Crippen LogP contribution in [0.1, 0.15) is 16.3 Å². The Morgan fingerprint density at radius 3 is 2.73 bits per heavy atom. The highest BCUT2D eigenvalue weighted by Crippen LogP contribution is 2.20. The quantitative estimate of drug-likeness (QED) is 0.238. The van der Waals surface area contributed by atoms with Gasteiger partial charge in [-0.3, -0.25) is 0 Å². The first kappa shape index (κ1) is 20.6. The lowest BCUT2D eigenvalue weighted by molar-refractivity contribution is -0.655. The highest BCUT2D eigenvalue weighted by molar-refractivity contribution is 9.10. The minimum Gasteiger partial charge on any atom is -1.00 e. The zero-order valence-electron chi connectivity index (χ0n) is 13.8. The average molecular weight is 554 g/mol. The maximum atomic E-state index is 12.3. The molecule has 0 atom stereocenters. The number of imidazole rings is 1. The van der Waals surface area contributed by atoms with Crippen molar-refractivity contribution in [3.05, 3.63) is 39.3 Å². The summed E-state index contributed by atoms with van der Waals surface area (Å²) in [6.07, 6.45) is 0. The molecule has 0 aliphatic rings. The molecule has 0 unspecified atom stereocenters. The van der Waals surface area contributed by atoms with Gasteiger partial charge in [0.15, 0.2) is 40.1 Å². The van der Waals surface area contributed by atoms with E-state index in [0.717, 1.165) is 21.3 Å². The van der Waals surface area contributed by atoms with Crippen molar-refractivity contribution < 1.29 is 38.1 Å². The van der Waals surface area contributed by atoms with Crippen LogP contribution in [0.5, 0.6) is 0 Å². The van der Waals surface area contributed by atoms with Crippen molar-refractivity contribution in [3.8, 4) is 0 Å². The third kappa shape index (κ3) is 3.71. The number of hydrogen-bond acceptors (Lipinski definition) is 6. The van der Waals surface area contributed by atoms with Crippen LogP contribution < -0.4 is 40.0 Å². The monoisotopic (exact) mass is 552 g/mol. The standard InChI is InChI=1S/C15H14BrClN6O2.HI/c1-22-8-4-3-7(16)5-9(8)23(2)10(22)6-25-15(24)11-13(18)21-14(19)12(17)20-11;/h3-5H,6H2,1-2H3,(H3-,18,19,21,24);1H. The van der Waals surface area contributed by atoms with Crippen molar-refractivity contribution in [3.63, 3.8) is 0 Å². The minimum atomic E-state index is -0.724. The summed E-state index contributed by atoms with van der Waals surface area (Å²) in [7, 11) is 3.79. The van der Waals surface area contributed by atoms with Gasteiger partial charge >= 0.3 is 5.97 Å². The van der Waals surface area contributed by atoms with Crippen LogP contribution in [0.15, 0.2) is 22.7 Å². The lowest BCUT2D eigenvalue weighted by Crippen LogP contribution is -3.00.